The Morgan fingerprint density at radius 2 is 0.459 bits per heavy atom. The number of aliphatic hydroxyl groups excluding tert-OH is 1. The molecule has 0 spiro atoms. The van der Waals surface area contributed by atoms with E-state index in [-0.39, 0.29) is 25.7 Å². The number of unbranched alkanes of at least 4 members (excludes halogenated alkanes) is 56. The van der Waals surface area contributed by atoms with Gasteiger partial charge in [0.1, 0.15) is 19.3 Å². The lowest BCUT2D eigenvalue weighted by molar-refractivity contribution is -0.161. The second kappa shape index (κ2) is 81.8. The van der Waals surface area contributed by atoms with E-state index in [1.807, 2.05) is 0 Å². The minimum absolute atomic E-state index is 0.107. The molecule has 0 aliphatic heterocycles. The summed E-state index contributed by atoms with van der Waals surface area (Å²) in [5, 5.41) is 10.7. The molecular formula is C92H180O17P2. The van der Waals surface area contributed by atoms with Gasteiger partial charge in [-0.2, -0.15) is 0 Å². The van der Waals surface area contributed by atoms with Crippen LogP contribution in [-0.2, 0) is 65.4 Å². The van der Waals surface area contributed by atoms with Gasteiger partial charge in [-0.3, -0.25) is 37.3 Å². The van der Waals surface area contributed by atoms with Crippen molar-refractivity contribution < 1.29 is 80.2 Å². The first-order valence-corrected chi connectivity index (χ1v) is 50.4. The number of aliphatic hydroxyl groups is 1. The third kappa shape index (κ3) is 82.9. The molecule has 111 heavy (non-hydrogen) atoms. The maximum atomic E-state index is 13.2. The lowest BCUT2D eigenvalue weighted by Gasteiger charge is -2.21. The highest BCUT2D eigenvalue weighted by Crippen LogP contribution is 2.45. The highest BCUT2D eigenvalue weighted by Gasteiger charge is 2.31. The molecule has 0 rings (SSSR count). The molecule has 0 amide bonds. The summed E-state index contributed by atoms with van der Waals surface area (Å²) in [5.74, 6) is 0.304. The molecule has 3 N–H and O–H groups in total. The van der Waals surface area contributed by atoms with Crippen LogP contribution in [0.25, 0.3) is 0 Å². The molecule has 4 unspecified atom stereocenters. The van der Waals surface area contributed by atoms with Gasteiger partial charge in [-0.25, -0.2) is 9.13 Å². The maximum Gasteiger partial charge on any atom is 0.472 e. The van der Waals surface area contributed by atoms with Gasteiger partial charge in [-0.05, 0) is 43.4 Å². The molecule has 0 aromatic rings. The summed E-state index contributed by atoms with van der Waals surface area (Å²) < 4.78 is 69.1. The Labute approximate surface area is 683 Å². The lowest BCUT2D eigenvalue weighted by Crippen LogP contribution is -2.30. The quantitative estimate of drug-likeness (QED) is 0.0222. The van der Waals surface area contributed by atoms with E-state index < -0.39 is 97.5 Å². The Morgan fingerprint density at radius 1 is 0.261 bits per heavy atom. The van der Waals surface area contributed by atoms with Crippen molar-refractivity contribution in [3.8, 4) is 0 Å². The van der Waals surface area contributed by atoms with Gasteiger partial charge in [0.25, 0.3) is 0 Å². The van der Waals surface area contributed by atoms with Gasteiger partial charge >= 0.3 is 39.5 Å². The van der Waals surface area contributed by atoms with Crippen molar-refractivity contribution in [2.75, 3.05) is 39.6 Å². The Hall–Kier alpha value is -1.94. The molecular weight excluding hydrogens is 1440 g/mol. The molecule has 7 atom stereocenters. The van der Waals surface area contributed by atoms with Crippen molar-refractivity contribution >= 4 is 39.5 Å². The third-order valence-corrected chi connectivity index (χ3v) is 24.3. The number of esters is 4. The van der Waals surface area contributed by atoms with Crippen LogP contribution in [0.5, 0.6) is 0 Å². The number of hydrogen-bond acceptors (Lipinski definition) is 15. The van der Waals surface area contributed by atoms with E-state index in [1.165, 1.54) is 295 Å². The molecule has 0 aromatic heterocycles. The van der Waals surface area contributed by atoms with Gasteiger partial charge in [-0.15, -0.1) is 0 Å². The fraction of sp³-hybridized carbons (Fsp3) is 0.957. The van der Waals surface area contributed by atoms with Gasteiger partial charge in [-0.1, -0.05) is 440 Å². The third-order valence-electron chi connectivity index (χ3n) is 22.4. The van der Waals surface area contributed by atoms with Gasteiger partial charge in [0, 0.05) is 25.7 Å². The van der Waals surface area contributed by atoms with Crippen LogP contribution in [0.1, 0.15) is 492 Å². The van der Waals surface area contributed by atoms with E-state index in [1.54, 1.807) is 0 Å². The van der Waals surface area contributed by atoms with Crippen LogP contribution in [0.15, 0.2) is 0 Å². The highest BCUT2D eigenvalue weighted by molar-refractivity contribution is 7.47. The van der Waals surface area contributed by atoms with E-state index in [0.717, 1.165) is 114 Å². The van der Waals surface area contributed by atoms with Gasteiger partial charge in [0.15, 0.2) is 12.2 Å². The first-order chi connectivity index (χ1) is 53.8. The minimum Gasteiger partial charge on any atom is -0.462 e. The molecule has 0 saturated heterocycles. The molecule has 660 valence electrons. The molecule has 0 radical (unpaired) electrons. The van der Waals surface area contributed by atoms with E-state index in [9.17, 15) is 43.2 Å². The Bertz CT molecular complexity index is 2130. The topological polar surface area (TPSA) is 237 Å². The second-order valence-electron chi connectivity index (χ2n) is 34.0. The van der Waals surface area contributed by atoms with Crippen molar-refractivity contribution in [2.24, 2.45) is 17.8 Å². The number of phosphoric ester groups is 2. The standard InChI is InChI=1S/C92H180O17P2/c1-8-11-12-13-14-15-16-17-18-19-20-21-22-26-31-36-41-46-51-59-66-73-89(94)102-79-87(108-91(96)75-68-61-52-47-42-37-32-27-24-23-25-30-35-40-45-50-57-64-71-84(6)9-2)81-106-110(98,99)104-77-86(93)78-105-111(100,101)107-82-88(80-103-90(95)74-67-60-55-54-58-65-72-85(7)10-3)109-92(97)76-69-62-53-48-43-38-33-28-29-34-39-44-49-56-63-70-83(4)5/h83-88,93H,8-82H2,1-7H3,(H,98,99)(H,100,101)/t84?,85?,86-,87-,88-/m1/s1. The molecule has 0 heterocycles. The van der Waals surface area contributed by atoms with Gasteiger partial charge in [0.2, 0.25) is 0 Å². The summed E-state index contributed by atoms with van der Waals surface area (Å²) in [4.78, 5) is 73.4. The predicted molar refractivity (Wildman–Crippen MR) is 460 cm³/mol. The number of rotatable bonds is 90. The van der Waals surface area contributed by atoms with Crippen LogP contribution in [0.3, 0.4) is 0 Å². The zero-order valence-electron chi connectivity index (χ0n) is 73.4. The average molecular weight is 1620 g/mol. The summed E-state index contributed by atoms with van der Waals surface area (Å²) in [5.41, 5.74) is 0. The number of phosphoric acid groups is 2. The van der Waals surface area contributed by atoms with Crippen LogP contribution < -0.4 is 0 Å². The molecule has 0 bridgehead atoms. The van der Waals surface area contributed by atoms with Crippen LogP contribution in [-0.4, -0.2) is 96.7 Å². The Balaban J connectivity index is 5.22. The van der Waals surface area contributed by atoms with Crippen molar-refractivity contribution in [2.45, 2.75) is 510 Å². The van der Waals surface area contributed by atoms with Gasteiger partial charge in [0.05, 0.1) is 26.4 Å². The van der Waals surface area contributed by atoms with E-state index >= 15 is 0 Å². The summed E-state index contributed by atoms with van der Waals surface area (Å²) in [7, 11) is -9.94. The number of carbonyl (C=O) groups is 4. The summed E-state index contributed by atoms with van der Waals surface area (Å²) in [6.07, 6.45) is 75.2. The summed E-state index contributed by atoms with van der Waals surface area (Å²) in [6.45, 7) is 12.1. The largest absolute Gasteiger partial charge is 0.472 e. The summed E-state index contributed by atoms with van der Waals surface area (Å²) in [6, 6.07) is 0. The van der Waals surface area contributed by atoms with Crippen molar-refractivity contribution in [1.82, 2.24) is 0 Å². The van der Waals surface area contributed by atoms with Crippen LogP contribution in [0, 0.1) is 17.8 Å². The van der Waals surface area contributed by atoms with Crippen LogP contribution >= 0.6 is 15.6 Å². The second-order valence-corrected chi connectivity index (χ2v) is 36.9. The number of hydrogen-bond donors (Lipinski definition) is 3. The number of ether oxygens (including phenoxy) is 4. The highest BCUT2D eigenvalue weighted by atomic mass is 31.2. The smallest absolute Gasteiger partial charge is 0.462 e. The van der Waals surface area contributed by atoms with E-state index in [4.69, 9.17) is 37.0 Å². The zero-order chi connectivity index (χ0) is 81.5. The Kier molecular flexibility index (Phi) is 80.4. The van der Waals surface area contributed by atoms with Crippen molar-refractivity contribution in [1.29, 1.82) is 0 Å². The minimum atomic E-state index is -4.97. The average Bonchev–Trinajstić information content (AvgIpc) is 0.901. The van der Waals surface area contributed by atoms with Crippen LogP contribution in [0.4, 0.5) is 0 Å². The fourth-order valence-electron chi connectivity index (χ4n) is 14.4. The SMILES string of the molecule is CCCCCCCCCCCCCCCCCCCCCCCC(=O)OC[C@H](COP(=O)(O)OC[C@@H](O)COP(=O)(O)OC[C@@H](COC(=O)CCCCCCCCC(C)CC)OC(=O)CCCCCCCCCCCCCCCCCC(C)C)OC(=O)CCCCCCCCCCCCCCCCCCCCC(C)CC. The van der Waals surface area contributed by atoms with Crippen molar-refractivity contribution in [3.05, 3.63) is 0 Å². The Morgan fingerprint density at radius 3 is 0.685 bits per heavy atom. The molecule has 0 aliphatic carbocycles. The van der Waals surface area contributed by atoms with Crippen LogP contribution in [0.2, 0.25) is 0 Å². The molecule has 0 saturated carbocycles. The predicted octanol–water partition coefficient (Wildman–Crippen LogP) is 28.4. The van der Waals surface area contributed by atoms with Crippen molar-refractivity contribution in [3.63, 3.8) is 0 Å². The molecule has 19 heteroatoms. The first kappa shape index (κ1) is 109. The molecule has 0 aliphatic rings. The first-order valence-electron chi connectivity index (χ1n) is 47.4. The maximum absolute atomic E-state index is 13.2. The molecule has 0 fully saturated rings. The summed E-state index contributed by atoms with van der Waals surface area (Å²) >= 11 is 0. The van der Waals surface area contributed by atoms with E-state index in [0.29, 0.717) is 25.7 Å². The zero-order valence-corrected chi connectivity index (χ0v) is 75.2. The molecule has 17 nitrogen and oxygen atoms in total. The fourth-order valence-corrected chi connectivity index (χ4v) is 15.9. The number of carbonyl (C=O) groups excluding carboxylic acids is 4. The lowest BCUT2D eigenvalue weighted by atomic mass is 9.99. The monoisotopic (exact) mass is 1620 g/mol. The molecule has 0 aromatic carbocycles. The van der Waals surface area contributed by atoms with Gasteiger partial charge < -0.3 is 33.8 Å². The normalized spacial score (nSPS) is 14.3. The van der Waals surface area contributed by atoms with E-state index in [2.05, 4.69) is 48.5 Å².